The Morgan fingerprint density at radius 1 is 1.00 bits per heavy atom. The first-order valence-corrected chi connectivity index (χ1v) is 7.93. The molecule has 23 heavy (non-hydrogen) atoms. The van der Waals surface area contributed by atoms with E-state index >= 15 is 0 Å². The average molecular weight is 370 g/mol. The van der Waals surface area contributed by atoms with Crippen LogP contribution in [0.25, 0.3) is 0 Å². The number of hydrogen-bond acceptors (Lipinski definition) is 2. The molecule has 118 valence electrons. The van der Waals surface area contributed by atoms with E-state index in [1.54, 1.807) is 0 Å². The van der Waals surface area contributed by atoms with Crippen LogP contribution in [-0.4, -0.2) is 18.0 Å². The number of carbonyl (C=O) groups excluding carboxylic acids is 2. The summed E-state index contributed by atoms with van der Waals surface area (Å²) in [5, 5.41) is 3.22. The number of rotatable bonds is 3. The second-order valence-corrected chi connectivity index (χ2v) is 6.28. The van der Waals surface area contributed by atoms with Crippen molar-refractivity contribution in [1.82, 2.24) is 5.32 Å². The van der Waals surface area contributed by atoms with Crippen molar-refractivity contribution in [3.05, 3.63) is 63.1 Å². The summed E-state index contributed by atoms with van der Waals surface area (Å²) < 4.78 is 0. The monoisotopic (exact) mass is 368 g/mol. The minimum absolute atomic E-state index is 0.182. The number of halogens is 3. The number of nitrogens with zero attached hydrogens (tertiary/aromatic N) is 1. The summed E-state index contributed by atoms with van der Waals surface area (Å²) in [4.78, 5) is 25.7. The van der Waals surface area contributed by atoms with Gasteiger partial charge in [0.1, 0.15) is 6.04 Å². The van der Waals surface area contributed by atoms with Crippen LogP contribution in [-0.2, 0) is 11.2 Å². The third kappa shape index (κ3) is 3.15. The summed E-state index contributed by atoms with van der Waals surface area (Å²) in [6, 6.07) is 11.2. The second-order valence-electron chi connectivity index (χ2n) is 5.09. The van der Waals surface area contributed by atoms with Crippen LogP contribution in [0.1, 0.15) is 5.56 Å². The van der Waals surface area contributed by atoms with E-state index in [0.29, 0.717) is 12.1 Å². The summed E-state index contributed by atoms with van der Waals surface area (Å²) in [6.45, 7) is 0. The summed E-state index contributed by atoms with van der Waals surface area (Å²) in [5.74, 6) is -0.353. The molecular weight excluding hydrogens is 359 g/mol. The molecule has 0 saturated carbocycles. The second kappa shape index (κ2) is 6.40. The van der Waals surface area contributed by atoms with Gasteiger partial charge in [-0.05, 0) is 17.7 Å². The molecule has 0 bridgehead atoms. The van der Waals surface area contributed by atoms with Gasteiger partial charge < -0.3 is 5.32 Å². The zero-order valence-electron chi connectivity index (χ0n) is 11.7. The molecule has 7 heteroatoms. The van der Waals surface area contributed by atoms with Crippen molar-refractivity contribution >= 4 is 52.4 Å². The Bertz CT molecular complexity index is 757. The maximum Gasteiger partial charge on any atom is 0.329 e. The van der Waals surface area contributed by atoms with E-state index in [-0.39, 0.29) is 21.0 Å². The normalized spacial score (nSPS) is 17.5. The van der Waals surface area contributed by atoms with Gasteiger partial charge in [0, 0.05) is 6.42 Å². The van der Waals surface area contributed by atoms with Gasteiger partial charge in [0.05, 0.1) is 20.8 Å². The molecule has 1 atom stereocenters. The maximum atomic E-state index is 12.6. The molecule has 1 saturated heterocycles. The van der Waals surface area contributed by atoms with Crippen LogP contribution in [0.3, 0.4) is 0 Å². The van der Waals surface area contributed by atoms with E-state index in [9.17, 15) is 9.59 Å². The SMILES string of the molecule is O=C1NC(Cc2ccccc2)C(=O)N1c1cc(Cl)c(Cl)c(Cl)c1. The molecule has 3 rings (SSSR count). The van der Waals surface area contributed by atoms with Crippen molar-refractivity contribution in [2.24, 2.45) is 0 Å². The number of nitrogens with one attached hydrogen (secondary N) is 1. The Morgan fingerprint density at radius 2 is 1.61 bits per heavy atom. The predicted octanol–water partition coefficient (Wildman–Crippen LogP) is 4.31. The lowest BCUT2D eigenvalue weighted by Crippen LogP contribution is -2.32. The van der Waals surface area contributed by atoms with E-state index < -0.39 is 12.1 Å². The summed E-state index contributed by atoms with van der Waals surface area (Å²) in [5.41, 5.74) is 1.25. The van der Waals surface area contributed by atoms with Gasteiger partial charge in [-0.25, -0.2) is 9.69 Å². The minimum atomic E-state index is -0.627. The molecule has 0 radical (unpaired) electrons. The molecule has 1 aliphatic heterocycles. The first kappa shape index (κ1) is 16.1. The Balaban J connectivity index is 1.87. The molecule has 1 N–H and O–H groups in total. The lowest BCUT2D eigenvalue weighted by molar-refractivity contribution is -0.118. The topological polar surface area (TPSA) is 49.4 Å². The van der Waals surface area contributed by atoms with Gasteiger partial charge in [-0.3, -0.25) is 4.79 Å². The minimum Gasteiger partial charge on any atom is -0.325 e. The van der Waals surface area contributed by atoms with Crippen LogP contribution in [0.15, 0.2) is 42.5 Å². The molecule has 1 heterocycles. The van der Waals surface area contributed by atoms with Gasteiger partial charge in [0.15, 0.2) is 0 Å². The Labute approximate surface area is 147 Å². The number of imide groups is 1. The highest BCUT2D eigenvalue weighted by molar-refractivity contribution is 6.48. The highest BCUT2D eigenvalue weighted by atomic mass is 35.5. The third-order valence-electron chi connectivity index (χ3n) is 3.53. The van der Waals surface area contributed by atoms with E-state index in [1.165, 1.54) is 12.1 Å². The number of amides is 3. The largest absolute Gasteiger partial charge is 0.329 e. The van der Waals surface area contributed by atoms with Gasteiger partial charge in [-0.2, -0.15) is 0 Å². The highest BCUT2D eigenvalue weighted by Gasteiger charge is 2.39. The number of carbonyl (C=O) groups is 2. The Kier molecular flexibility index (Phi) is 4.48. The summed E-state index contributed by atoms with van der Waals surface area (Å²) in [6.07, 6.45) is 0.414. The van der Waals surface area contributed by atoms with Crippen LogP contribution in [0.4, 0.5) is 10.5 Å². The molecule has 2 aromatic carbocycles. The summed E-state index contributed by atoms with van der Waals surface area (Å²) in [7, 11) is 0. The van der Waals surface area contributed by atoms with Crippen LogP contribution < -0.4 is 10.2 Å². The zero-order chi connectivity index (χ0) is 16.6. The van der Waals surface area contributed by atoms with Crippen molar-refractivity contribution < 1.29 is 9.59 Å². The predicted molar refractivity (Wildman–Crippen MR) is 91.4 cm³/mol. The molecule has 1 fully saturated rings. The average Bonchev–Trinajstić information content (AvgIpc) is 2.79. The van der Waals surface area contributed by atoms with Gasteiger partial charge in [0.25, 0.3) is 5.91 Å². The molecule has 4 nitrogen and oxygen atoms in total. The molecule has 1 unspecified atom stereocenters. The van der Waals surface area contributed by atoms with Gasteiger partial charge in [-0.1, -0.05) is 65.1 Å². The fraction of sp³-hybridized carbons (Fsp3) is 0.125. The maximum absolute atomic E-state index is 12.6. The lowest BCUT2D eigenvalue weighted by Gasteiger charge is -2.14. The number of benzene rings is 2. The fourth-order valence-corrected chi connectivity index (χ4v) is 3.02. The van der Waals surface area contributed by atoms with E-state index in [2.05, 4.69) is 5.32 Å². The standard InChI is InChI=1S/C16H11Cl3N2O2/c17-11-7-10(8-12(18)14(11)19)21-15(22)13(20-16(21)23)6-9-4-2-1-3-5-9/h1-5,7-8,13H,6H2,(H,20,23). The number of anilines is 1. The quantitative estimate of drug-likeness (QED) is 0.647. The van der Waals surface area contributed by atoms with Gasteiger partial charge >= 0.3 is 6.03 Å². The molecule has 3 amide bonds. The first-order chi connectivity index (χ1) is 11.0. The Morgan fingerprint density at radius 3 is 2.22 bits per heavy atom. The number of hydrogen-bond donors (Lipinski definition) is 1. The summed E-state index contributed by atoms with van der Waals surface area (Å²) >= 11 is 17.8. The first-order valence-electron chi connectivity index (χ1n) is 6.80. The van der Waals surface area contributed by atoms with E-state index in [0.717, 1.165) is 10.5 Å². The molecule has 1 aliphatic rings. The highest BCUT2D eigenvalue weighted by Crippen LogP contribution is 2.35. The van der Waals surface area contributed by atoms with Gasteiger partial charge in [-0.15, -0.1) is 0 Å². The van der Waals surface area contributed by atoms with Crippen LogP contribution >= 0.6 is 34.8 Å². The smallest absolute Gasteiger partial charge is 0.325 e. The molecule has 2 aromatic rings. The lowest BCUT2D eigenvalue weighted by atomic mass is 10.1. The van der Waals surface area contributed by atoms with E-state index in [4.69, 9.17) is 34.8 Å². The van der Waals surface area contributed by atoms with Crippen LogP contribution in [0, 0.1) is 0 Å². The van der Waals surface area contributed by atoms with Crippen molar-refractivity contribution in [2.45, 2.75) is 12.5 Å². The van der Waals surface area contributed by atoms with Gasteiger partial charge in [0.2, 0.25) is 0 Å². The van der Waals surface area contributed by atoms with Crippen molar-refractivity contribution in [2.75, 3.05) is 4.90 Å². The third-order valence-corrected chi connectivity index (χ3v) is 4.73. The molecular formula is C16H11Cl3N2O2. The van der Waals surface area contributed by atoms with Crippen molar-refractivity contribution in [3.63, 3.8) is 0 Å². The Hall–Kier alpha value is -1.75. The molecule has 0 spiro atoms. The van der Waals surface area contributed by atoms with E-state index in [1.807, 2.05) is 30.3 Å². The zero-order valence-corrected chi connectivity index (χ0v) is 14.0. The van der Waals surface area contributed by atoms with Crippen molar-refractivity contribution in [1.29, 1.82) is 0 Å². The molecule has 0 aliphatic carbocycles. The fourth-order valence-electron chi connectivity index (χ4n) is 2.44. The van der Waals surface area contributed by atoms with Crippen LogP contribution in [0.2, 0.25) is 15.1 Å². The van der Waals surface area contributed by atoms with Crippen molar-refractivity contribution in [3.8, 4) is 0 Å². The number of urea groups is 1. The molecule has 0 aromatic heterocycles. The van der Waals surface area contributed by atoms with Crippen LogP contribution in [0.5, 0.6) is 0 Å².